The molecule has 1 aromatic heterocycles. The Morgan fingerprint density at radius 3 is 2.63 bits per heavy atom. The lowest BCUT2D eigenvalue weighted by Crippen LogP contribution is -2.39. The minimum atomic E-state index is -2.97. The van der Waals surface area contributed by atoms with Crippen molar-refractivity contribution >= 4 is 26.8 Å². The maximum Gasteiger partial charge on any atom is 0.191 e. The Balaban J connectivity index is 2.05. The summed E-state index contributed by atoms with van der Waals surface area (Å²) in [5.41, 5.74) is 0.665. The molecule has 6 nitrogen and oxygen atoms in total. The third kappa shape index (κ3) is 6.90. The fourth-order valence-corrected chi connectivity index (χ4v) is 3.57. The zero-order valence-corrected chi connectivity index (χ0v) is 17.7. The quantitative estimate of drug-likeness (QED) is 0.530. The summed E-state index contributed by atoms with van der Waals surface area (Å²) in [6.45, 7) is 9.38. The zero-order chi connectivity index (χ0) is 20.1. The number of aliphatic imine (C=N–C) groups is 1. The van der Waals surface area contributed by atoms with Gasteiger partial charge in [0, 0.05) is 24.7 Å². The molecule has 0 aliphatic rings. The number of nitrogens with one attached hydrogen (secondary N) is 2. The molecule has 2 N–H and O–H groups in total. The van der Waals surface area contributed by atoms with E-state index in [0.717, 1.165) is 23.3 Å². The van der Waals surface area contributed by atoms with Crippen molar-refractivity contribution in [3.8, 4) is 0 Å². The normalized spacial score (nSPS) is 14.3. The van der Waals surface area contributed by atoms with Crippen molar-refractivity contribution in [3.63, 3.8) is 0 Å². The van der Waals surface area contributed by atoms with Crippen LogP contribution in [0.4, 0.5) is 0 Å². The summed E-state index contributed by atoms with van der Waals surface area (Å²) in [6, 6.07) is 9.91. The Labute approximate surface area is 162 Å². The second-order valence-corrected chi connectivity index (χ2v) is 10.1. The van der Waals surface area contributed by atoms with Crippen LogP contribution in [-0.2, 0) is 9.84 Å². The fourth-order valence-electron chi connectivity index (χ4n) is 2.65. The Hall–Kier alpha value is -2.02. The van der Waals surface area contributed by atoms with Crippen molar-refractivity contribution in [1.29, 1.82) is 0 Å². The van der Waals surface area contributed by atoms with Gasteiger partial charge < -0.3 is 15.1 Å². The van der Waals surface area contributed by atoms with Crippen molar-refractivity contribution in [2.24, 2.45) is 10.4 Å². The van der Waals surface area contributed by atoms with Gasteiger partial charge in [0.15, 0.2) is 5.96 Å². The van der Waals surface area contributed by atoms with Gasteiger partial charge in [-0.05, 0) is 37.8 Å². The molecule has 0 saturated carbocycles. The van der Waals surface area contributed by atoms with E-state index in [0.29, 0.717) is 18.9 Å². The van der Waals surface area contributed by atoms with Gasteiger partial charge >= 0.3 is 0 Å². The first-order chi connectivity index (χ1) is 12.6. The molecule has 0 amide bonds. The van der Waals surface area contributed by atoms with Gasteiger partial charge in [-0.25, -0.2) is 8.42 Å². The summed E-state index contributed by atoms with van der Waals surface area (Å²) in [6.07, 6.45) is 1.85. The van der Waals surface area contributed by atoms with Gasteiger partial charge in [0.05, 0.1) is 11.8 Å². The van der Waals surface area contributed by atoms with Crippen LogP contribution in [0.5, 0.6) is 0 Å². The van der Waals surface area contributed by atoms with E-state index in [1.54, 1.807) is 0 Å². The Morgan fingerprint density at radius 1 is 1.30 bits per heavy atom. The van der Waals surface area contributed by atoms with Crippen molar-refractivity contribution in [2.45, 2.75) is 40.2 Å². The van der Waals surface area contributed by atoms with Gasteiger partial charge in [-0.15, -0.1) is 0 Å². The standard InChI is InChI=1S/C20H31N3O3S/c1-6-21-19(22-14-20(3,4)11-12-27(5,24)25)23-15(2)18-13-16-9-7-8-10-17(16)26-18/h7-10,13,15H,6,11-12,14H2,1-5H3,(H2,21,22,23). The molecular formula is C20H31N3O3S. The van der Waals surface area contributed by atoms with Crippen LogP contribution in [0.3, 0.4) is 0 Å². The molecule has 0 spiro atoms. The predicted molar refractivity (Wildman–Crippen MR) is 112 cm³/mol. The minimum Gasteiger partial charge on any atom is -0.459 e. The SMILES string of the molecule is CCNC(=NCC(C)(C)CCS(C)(=O)=O)NC(C)c1cc2ccccc2o1. The van der Waals surface area contributed by atoms with E-state index >= 15 is 0 Å². The molecule has 0 fully saturated rings. The van der Waals surface area contributed by atoms with Crippen LogP contribution in [0, 0.1) is 5.41 Å². The molecule has 150 valence electrons. The first-order valence-corrected chi connectivity index (χ1v) is 11.4. The highest BCUT2D eigenvalue weighted by molar-refractivity contribution is 7.90. The number of sulfone groups is 1. The Morgan fingerprint density at radius 2 is 2.00 bits per heavy atom. The molecule has 0 aliphatic carbocycles. The monoisotopic (exact) mass is 393 g/mol. The summed E-state index contributed by atoms with van der Waals surface area (Å²) in [5.74, 6) is 1.71. The number of nitrogens with zero attached hydrogens (tertiary/aromatic N) is 1. The Bertz CT molecular complexity index is 852. The van der Waals surface area contributed by atoms with Gasteiger partial charge in [0.2, 0.25) is 0 Å². The third-order valence-electron chi connectivity index (χ3n) is 4.38. The molecule has 0 saturated heterocycles. The number of hydrogen-bond acceptors (Lipinski definition) is 4. The van der Waals surface area contributed by atoms with Crippen LogP contribution in [0.15, 0.2) is 39.7 Å². The zero-order valence-electron chi connectivity index (χ0n) is 16.9. The Kier molecular flexibility index (Phi) is 6.92. The van der Waals surface area contributed by atoms with Crippen LogP contribution in [-0.4, -0.2) is 39.5 Å². The highest BCUT2D eigenvalue weighted by Gasteiger charge is 2.21. The van der Waals surface area contributed by atoms with E-state index in [1.165, 1.54) is 6.26 Å². The van der Waals surface area contributed by atoms with E-state index in [2.05, 4.69) is 15.6 Å². The lowest BCUT2D eigenvalue weighted by molar-refractivity contribution is 0.365. The third-order valence-corrected chi connectivity index (χ3v) is 5.33. The lowest BCUT2D eigenvalue weighted by atomic mass is 9.90. The number of rotatable bonds is 8. The van der Waals surface area contributed by atoms with Crippen LogP contribution >= 0.6 is 0 Å². The van der Waals surface area contributed by atoms with Crippen molar-refractivity contribution in [1.82, 2.24) is 10.6 Å². The molecule has 0 bridgehead atoms. The van der Waals surface area contributed by atoms with E-state index < -0.39 is 9.84 Å². The summed E-state index contributed by atoms with van der Waals surface area (Å²) in [7, 11) is -2.97. The van der Waals surface area contributed by atoms with Gasteiger partial charge in [0.25, 0.3) is 0 Å². The van der Waals surface area contributed by atoms with Crippen LogP contribution in [0.2, 0.25) is 0 Å². The van der Waals surface area contributed by atoms with Crippen LogP contribution in [0.1, 0.15) is 45.9 Å². The first-order valence-electron chi connectivity index (χ1n) is 9.31. The molecule has 2 aromatic rings. The second-order valence-electron chi connectivity index (χ2n) is 7.79. The van der Waals surface area contributed by atoms with Gasteiger partial charge in [-0.2, -0.15) is 0 Å². The molecule has 1 atom stereocenters. The fraction of sp³-hybridized carbons (Fsp3) is 0.550. The minimum absolute atomic E-state index is 0.0469. The molecule has 1 aromatic carbocycles. The lowest BCUT2D eigenvalue weighted by Gasteiger charge is -2.23. The molecule has 1 heterocycles. The van der Waals surface area contributed by atoms with Crippen molar-refractivity contribution in [2.75, 3.05) is 25.1 Å². The van der Waals surface area contributed by atoms with E-state index in [1.807, 2.05) is 58.0 Å². The van der Waals surface area contributed by atoms with Crippen LogP contribution < -0.4 is 10.6 Å². The molecular weight excluding hydrogens is 362 g/mol. The molecule has 0 radical (unpaired) electrons. The highest BCUT2D eigenvalue weighted by atomic mass is 32.2. The van der Waals surface area contributed by atoms with Crippen LogP contribution in [0.25, 0.3) is 11.0 Å². The van der Waals surface area contributed by atoms with E-state index in [-0.39, 0.29) is 17.2 Å². The number of guanidine groups is 1. The summed E-state index contributed by atoms with van der Waals surface area (Å²) in [4.78, 5) is 4.66. The van der Waals surface area contributed by atoms with E-state index in [9.17, 15) is 8.42 Å². The van der Waals surface area contributed by atoms with Gasteiger partial charge in [-0.1, -0.05) is 32.0 Å². The summed E-state index contributed by atoms with van der Waals surface area (Å²) >= 11 is 0. The largest absolute Gasteiger partial charge is 0.459 e. The number of hydrogen-bond donors (Lipinski definition) is 2. The predicted octanol–water partition coefficient (Wildman–Crippen LogP) is 3.51. The van der Waals surface area contributed by atoms with Gasteiger partial charge in [-0.3, -0.25) is 4.99 Å². The molecule has 0 aliphatic heterocycles. The van der Waals surface area contributed by atoms with Crippen molar-refractivity contribution < 1.29 is 12.8 Å². The maximum absolute atomic E-state index is 11.4. The number of benzene rings is 1. The molecule has 1 unspecified atom stereocenters. The molecule has 7 heteroatoms. The number of para-hydroxylation sites is 1. The number of fused-ring (bicyclic) bond motifs is 1. The highest BCUT2D eigenvalue weighted by Crippen LogP contribution is 2.24. The topological polar surface area (TPSA) is 83.7 Å². The van der Waals surface area contributed by atoms with E-state index in [4.69, 9.17) is 4.42 Å². The van der Waals surface area contributed by atoms with Gasteiger partial charge in [0.1, 0.15) is 21.2 Å². The number of furan rings is 1. The average Bonchev–Trinajstić information content (AvgIpc) is 3.02. The molecule has 27 heavy (non-hydrogen) atoms. The second kappa shape index (κ2) is 8.78. The van der Waals surface area contributed by atoms with Crippen molar-refractivity contribution in [3.05, 3.63) is 36.1 Å². The smallest absolute Gasteiger partial charge is 0.191 e. The summed E-state index contributed by atoms with van der Waals surface area (Å²) in [5, 5.41) is 7.68. The molecule has 2 rings (SSSR count). The maximum atomic E-state index is 11.4. The average molecular weight is 394 g/mol. The summed E-state index contributed by atoms with van der Waals surface area (Å²) < 4.78 is 28.8. The first kappa shape index (κ1) is 21.3.